The second kappa shape index (κ2) is 16.0. The summed E-state index contributed by atoms with van der Waals surface area (Å²) in [4.78, 5) is 18.3. The van der Waals surface area contributed by atoms with E-state index in [1.165, 1.54) is 6.07 Å². The van der Waals surface area contributed by atoms with Gasteiger partial charge in [0, 0.05) is 45.7 Å². The highest BCUT2D eigenvalue weighted by molar-refractivity contribution is 6.31. The molecule has 0 fully saturated rings. The first-order chi connectivity index (χ1) is 21.8. The van der Waals surface area contributed by atoms with Crippen LogP contribution in [0.2, 0.25) is 10.0 Å². The first-order valence-electron chi connectivity index (χ1n) is 13.9. The minimum atomic E-state index is -0.241. The van der Waals surface area contributed by atoms with Crippen LogP contribution >= 0.6 is 23.2 Å². The Morgan fingerprint density at radius 2 is 1.36 bits per heavy atom. The van der Waals surface area contributed by atoms with Crippen LogP contribution in [0.25, 0.3) is 0 Å². The molecule has 0 saturated heterocycles. The van der Waals surface area contributed by atoms with E-state index in [2.05, 4.69) is 16.0 Å². The van der Waals surface area contributed by atoms with Crippen LogP contribution in [-0.2, 0) is 19.4 Å². The van der Waals surface area contributed by atoms with E-state index in [9.17, 15) is 4.79 Å². The zero-order valence-electron chi connectivity index (χ0n) is 24.5. The molecule has 1 N–H and O–H groups in total. The van der Waals surface area contributed by atoms with Crippen molar-refractivity contribution in [2.24, 2.45) is 0 Å². The summed E-state index contributed by atoms with van der Waals surface area (Å²) in [6.07, 6.45) is 4.84. The predicted molar refractivity (Wildman–Crippen MR) is 173 cm³/mol. The zero-order valence-corrected chi connectivity index (χ0v) is 26.0. The molecule has 0 unspecified atom stereocenters. The lowest BCUT2D eigenvalue weighted by atomic mass is 10.2. The summed E-state index contributed by atoms with van der Waals surface area (Å²) in [5, 5.41) is 18.8. The molecule has 8 nitrogen and oxygen atoms in total. The number of nitriles is 2. The lowest BCUT2D eigenvalue weighted by Gasteiger charge is -2.12. The van der Waals surface area contributed by atoms with Gasteiger partial charge in [-0.05, 0) is 54.8 Å². The van der Waals surface area contributed by atoms with E-state index >= 15 is 0 Å². The van der Waals surface area contributed by atoms with Crippen molar-refractivity contribution in [1.29, 1.82) is 10.5 Å². The quantitative estimate of drug-likeness (QED) is 0.171. The van der Waals surface area contributed by atoms with E-state index in [-0.39, 0.29) is 5.56 Å². The molecule has 0 amide bonds. The van der Waals surface area contributed by atoms with Crippen molar-refractivity contribution < 1.29 is 14.2 Å². The Labute approximate surface area is 271 Å². The van der Waals surface area contributed by atoms with Gasteiger partial charge in [-0.15, -0.1) is 0 Å². The fourth-order valence-corrected chi connectivity index (χ4v) is 4.55. The van der Waals surface area contributed by atoms with Crippen LogP contribution in [0, 0.1) is 22.7 Å². The van der Waals surface area contributed by atoms with Crippen molar-refractivity contribution in [3.63, 3.8) is 0 Å². The summed E-state index contributed by atoms with van der Waals surface area (Å²) in [6, 6.07) is 26.7. The number of ether oxygens (including phenoxy) is 3. The Morgan fingerprint density at radius 3 is 1.91 bits per heavy atom. The Balaban J connectivity index is 0.000000215. The summed E-state index contributed by atoms with van der Waals surface area (Å²) in [5.41, 5.74) is 3.48. The molecule has 5 aromatic rings. The second-order valence-corrected chi connectivity index (χ2v) is 10.5. The van der Waals surface area contributed by atoms with Gasteiger partial charge in [0.15, 0.2) is 0 Å². The molecule has 0 bridgehead atoms. The van der Waals surface area contributed by atoms with Gasteiger partial charge in [-0.3, -0.25) is 4.79 Å². The standard InChI is InChI=1S/C21H17ClN2O2.C14H11ClN2O2/c1-2-17-13-24-21(25-14-15-6-4-3-5-7-15)11-20(17)26-19-9-16(12-23)8-18(22)10-19;1-2-10-8-17-14(18)6-13(10)19-12-4-9(7-16)3-11(15)5-12/h3-11,13H,2,14H2,1H3;3-6,8H,2H2,1H3,(H,17,18). The van der Waals surface area contributed by atoms with Gasteiger partial charge in [-0.25, -0.2) is 4.98 Å². The Kier molecular flexibility index (Phi) is 11.6. The third-order valence-electron chi connectivity index (χ3n) is 6.33. The molecule has 5 rings (SSSR count). The largest absolute Gasteiger partial charge is 0.473 e. The maximum atomic E-state index is 11.3. The van der Waals surface area contributed by atoms with Gasteiger partial charge in [-0.1, -0.05) is 67.4 Å². The summed E-state index contributed by atoms with van der Waals surface area (Å²) < 4.78 is 17.4. The Bertz CT molecular complexity index is 1910. The van der Waals surface area contributed by atoms with Gasteiger partial charge in [0.25, 0.3) is 5.56 Å². The number of nitrogens with one attached hydrogen (secondary N) is 1. The van der Waals surface area contributed by atoms with E-state index in [1.54, 1.807) is 54.9 Å². The molecule has 0 aliphatic carbocycles. The topological polar surface area (TPSA) is 121 Å². The van der Waals surface area contributed by atoms with E-state index in [0.717, 1.165) is 29.5 Å². The highest BCUT2D eigenvalue weighted by Crippen LogP contribution is 2.31. The molecular formula is C35H28Cl2N4O4. The van der Waals surface area contributed by atoms with Crippen molar-refractivity contribution in [1.82, 2.24) is 9.97 Å². The van der Waals surface area contributed by atoms with Crippen molar-refractivity contribution in [3.8, 4) is 41.0 Å². The van der Waals surface area contributed by atoms with Crippen LogP contribution in [0.1, 0.15) is 41.7 Å². The van der Waals surface area contributed by atoms with Crippen LogP contribution in [0.5, 0.6) is 28.9 Å². The molecule has 2 heterocycles. The van der Waals surface area contributed by atoms with Gasteiger partial charge in [-0.2, -0.15) is 10.5 Å². The molecule has 45 heavy (non-hydrogen) atoms. The highest BCUT2D eigenvalue weighted by Gasteiger charge is 2.10. The van der Waals surface area contributed by atoms with Crippen molar-refractivity contribution in [2.75, 3.05) is 0 Å². The van der Waals surface area contributed by atoms with Crippen LogP contribution in [0.15, 0.2) is 96.1 Å². The Morgan fingerprint density at radius 1 is 0.778 bits per heavy atom. The molecule has 10 heteroatoms. The monoisotopic (exact) mass is 638 g/mol. The van der Waals surface area contributed by atoms with Gasteiger partial charge in [0.2, 0.25) is 5.88 Å². The molecule has 3 aromatic carbocycles. The van der Waals surface area contributed by atoms with Crippen molar-refractivity contribution in [3.05, 3.63) is 139 Å². The Hall–Kier alpha value is -5.28. The average molecular weight is 640 g/mol. The lowest BCUT2D eigenvalue weighted by Crippen LogP contribution is -2.05. The highest BCUT2D eigenvalue weighted by atomic mass is 35.5. The number of benzene rings is 3. The first kappa shape index (κ1) is 32.6. The number of nitrogens with zero attached hydrogens (tertiary/aromatic N) is 3. The van der Waals surface area contributed by atoms with Gasteiger partial charge in [0.05, 0.1) is 23.3 Å². The molecule has 0 atom stereocenters. The molecule has 226 valence electrons. The molecule has 0 radical (unpaired) electrons. The summed E-state index contributed by atoms with van der Waals surface area (Å²) in [5.74, 6) is 2.52. The normalized spacial score (nSPS) is 10.1. The number of aromatic amines is 1. The number of aromatic nitrogens is 2. The third-order valence-corrected chi connectivity index (χ3v) is 6.77. The number of rotatable bonds is 9. The number of aryl methyl sites for hydroxylation is 2. The van der Waals surface area contributed by atoms with E-state index < -0.39 is 0 Å². The minimum Gasteiger partial charge on any atom is -0.473 e. The van der Waals surface area contributed by atoms with E-state index in [1.807, 2.05) is 50.2 Å². The van der Waals surface area contributed by atoms with E-state index in [0.29, 0.717) is 56.7 Å². The smallest absolute Gasteiger partial charge is 0.251 e. The maximum absolute atomic E-state index is 11.3. The second-order valence-electron chi connectivity index (χ2n) is 9.58. The number of hydrogen-bond donors (Lipinski definition) is 1. The number of halogens is 2. The average Bonchev–Trinajstić information content (AvgIpc) is 3.04. The van der Waals surface area contributed by atoms with E-state index in [4.69, 9.17) is 47.9 Å². The SMILES string of the molecule is CCc1c[nH]c(=O)cc1Oc1cc(Cl)cc(C#N)c1.CCc1cnc(OCc2ccccc2)cc1Oc1cc(Cl)cc(C#N)c1. The molecule has 0 aliphatic heterocycles. The van der Waals surface area contributed by atoms with Crippen LogP contribution in [0.3, 0.4) is 0 Å². The fourth-order valence-electron chi connectivity index (χ4n) is 4.10. The molecule has 0 saturated carbocycles. The van der Waals surface area contributed by atoms with Gasteiger partial charge in [0.1, 0.15) is 29.6 Å². The number of H-pyrrole nitrogens is 1. The van der Waals surface area contributed by atoms with Crippen LogP contribution in [-0.4, -0.2) is 9.97 Å². The molecular weight excluding hydrogens is 611 g/mol. The summed E-state index contributed by atoms with van der Waals surface area (Å²) in [6.45, 7) is 4.40. The lowest BCUT2D eigenvalue weighted by molar-refractivity contribution is 0.292. The van der Waals surface area contributed by atoms with Gasteiger partial charge >= 0.3 is 0 Å². The van der Waals surface area contributed by atoms with Crippen LogP contribution in [0.4, 0.5) is 0 Å². The maximum Gasteiger partial charge on any atom is 0.251 e. The minimum absolute atomic E-state index is 0.241. The molecule has 0 aliphatic rings. The number of hydrogen-bond acceptors (Lipinski definition) is 7. The number of pyridine rings is 2. The summed E-state index contributed by atoms with van der Waals surface area (Å²) >= 11 is 12.0. The van der Waals surface area contributed by atoms with Crippen LogP contribution < -0.4 is 19.8 Å². The zero-order chi connectivity index (χ0) is 32.2. The predicted octanol–water partition coefficient (Wildman–Crippen LogP) is 8.80. The van der Waals surface area contributed by atoms with Gasteiger partial charge < -0.3 is 19.2 Å². The first-order valence-corrected chi connectivity index (χ1v) is 14.7. The van der Waals surface area contributed by atoms with Crippen molar-refractivity contribution in [2.45, 2.75) is 33.3 Å². The summed E-state index contributed by atoms with van der Waals surface area (Å²) in [7, 11) is 0. The molecule has 2 aromatic heterocycles. The third kappa shape index (κ3) is 9.61. The molecule has 0 spiro atoms. The van der Waals surface area contributed by atoms with Crippen molar-refractivity contribution >= 4 is 23.2 Å². The fraction of sp³-hybridized carbons (Fsp3) is 0.143.